The van der Waals surface area contributed by atoms with Gasteiger partial charge < -0.3 is 15.0 Å². The third-order valence-corrected chi connectivity index (χ3v) is 5.43. The minimum absolute atomic E-state index is 0.202. The summed E-state index contributed by atoms with van der Waals surface area (Å²) in [6.07, 6.45) is 4.27. The van der Waals surface area contributed by atoms with Crippen LogP contribution in [0.1, 0.15) is 17.7 Å². The van der Waals surface area contributed by atoms with Gasteiger partial charge in [-0.25, -0.2) is 9.48 Å². The van der Waals surface area contributed by atoms with Gasteiger partial charge in [0.05, 0.1) is 18.8 Å². The molecule has 9 nitrogen and oxygen atoms in total. The molecule has 2 aliphatic heterocycles. The molecule has 1 fully saturated rings. The molecule has 0 saturated carbocycles. The molecule has 2 aromatic rings. The Balaban J connectivity index is 1.35. The molecule has 1 N–H and O–H groups in total. The largest absolute Gasteiger partial charge is 0.383 e. The van der Waals surface area contributed by atoms with Crippen LogP contribution in [-0.4, -0.2) is 71.2 Å². The molecule has 154 valence electrons. The lowest BCUT2D eigenvalue weighted by atomic mass is 10.0. The van der Waals surface area contributed by atoms with Gasteiger partial charge in [0.15, 0.2) is 0 Å². The standard InChI is InChI=1S/C20H26N6O3/c1-29-12-11-25-14-16(22-23-25)13-17-19(27)26(20(28)21-17)10-9-24-8-4-6-15-5-2-3-7-18(15)24/h2-3,5,7,14,17H,4,6,8-13H2,1H3,(H,21,28). The number of aryl methyl sites for hydroxylation is 1. The van der Waals surface area contributed by atoms with Crippen LogP contribution in [0.4, 0.5) is 10.5 Å². The van der Waals surface area contributed by atoms with Crippen LogP contribution in [0, 0.1) is 0 Å². The van der Waals surface area contributed by atoms with E-state index in [4.69, 9.17) is 4.74 Å². The summed E-state index contributed by atoms with van der Waals surface area (Å²) in [6, 6.07) is 7.40. The predicted octanol–water partition coefficient (Wildman–Crippen LogP) is 0.840. The van der Waals surface area contributed by atoms with Crippen LogP contribution < -0.4 is 10.2 Å². The van der Waals surface area contributed by atoms with E-state index in [2.05, 4.69) is 38.7 Å². The molecular weight excluding hydrogens is 372 g/mol. The minimum Gasteiger partial charge on any atom is -0.383 e. The SMILES string of the molecule is COCCn1cc(CC2NC(=O)N(CCN3CCCc4ccccc43)C2=O)nn1. The van der Waals surface area contributed by atoms with Crippen molar-refractivity contribution in [3.8, 4) is 0 Å². The number of amides is 3. The van der Waals surface area contributed by atoms with E-state index in [-0.39, 0.29) is 11.9 Å². The molecule has 1 unspecified atom stereocenters. The maximum atomic E-state index is 12.8. The van der Waals surface area contributed by atoms with Crippen molar-refractivity contribution in [3.05, 3.63) is 41.7 Å². The van der Waals surface area contributed by atoms with Gasteiger partial charge in [0.25, 0.3) is 5.91 Å². The van der Waals surface area contributed by atoms with Crippen LogP contribution in [0.25, 0.3) is 0 Å². The molecule has 1 aromatic carbocycles. The van der Waals surface area contributed by atoms with E-state index in [1.54, 1.807) is 18.0 Å². The number of rotatable bonds is 8. The number of para-hydroxylation sites is 1. The number of fused-ring (bicyclic) bond motifs is 1. The molecule has 0 aliphatic carbocycles. The molecule has 1 saturated heterocycles. The van der Waals surface area contributed by atoms with Gasteiger partial charge in [-0.2, -0.15) is 0 Å². The van der Waals surface area contributed by atoms with Crippen LogP contribution in [0.5, 0.6) is 0 Å². The van der Waals surface area contributed by atoms with Gasteiger partial charge in [-0.3, -0.25) is 9.69 Å². The first-order valence-corrected chi connectivity index (χ1v) is 9.98. The lowest BCUT2D eigenvalue weighted by Crippen LogP contribution is -2.41. The highest BCUT2D eigenvalue weighted by atomic mass is 16.5. The van der Waals surface area contributed by atoms with Crippen molar-refractivity contribution in [1.82, 2.24) is 25.2 Å². The second-order valence-corrected chi connectivity index (χ2v) is 7.38. The summed E-state index contributed by atoms with van der Waals surface area (Å²) in [5.41, 5.74) is 3.20. The highest BCUT2D eigenvalue weighted by molar-refractivity contribution is 6.04. The Morgan fingerprint density at radius 1 is 1.21 bits per heavy atom. The van der Waals surface area contributed by atoms with Crippen molar-refractivity contribution in [3.63, 3.8) is 0 Å². The fourth-order valence-corrected chi connectivity index (χ4v) is 3.93. The number of ether oxygens (including phenoxy) is 1. The maximum absolute atomic E-state index is 12.8. The van der Waals surface area contributed by atoms with Crippen molar-refractivity contribution < 1.29 is 14.3 Å². The quantitative estimate of drug-likeness (QED) is 0.663. The molecule has 1 atom stereocenters. The Morgan fingerprint density at radius 3 is 2.93 bits per heavy atom. The molecule has 1 aromatic heterocycles. The Bertz CT molecular complexity index is 883. The van der Waals surface area contributed by atoms with E-state index in [1.807, 2.05) is 6.07 Å². The van der Waals surface area contributed by atoms with Gasteiger partial charge in [-0.15, -0.1) is 5.10 Å². The molecule has 4 rings (SSSR count). The zero-order valence-corrected chi connectivity index (χ0v) is 16.6. The summed E-state index contributed by atoms with van der Waals surface area (Å²) in [4.78, 5) is 28.7. The van der Waals surface area contributed by atoms with Crippen LogP contribution in [0.3, 0.4) is 0 Å². The Kier molecular flexibility index (Phi) is 5.75. The third kappa shape index (κ3) is 4.24. The summed E-state index contributed by atoms with van der Waals surface area (Å²) in [5, 5.41) is 10.9. The van der Waals surface area contributed by atoms with Gasteiger partial charge in [0, 0.05) is 45.0 Å². The average molecular weight is 398 g/mol. The third-order valence-electron chi connectivity index (χ3n) is 5.43. The number of benzene rings is 1. The zero-order chi connectivity index (χ0) is 20.2. The highest BCUT2D eigenvalue weighted by Gasteiger charge is 2.38. The predicted molar refractivity (Wildman–Crippen MR) is 107 cm³/mol. The monoisotopic (exact) mass is 398 g/mol. The molecule has 2 aliphatic rings. The van der Waals surface area contributed by atoms with Gasteiger partial charge in [0.1, 0.15) is 6.04 Å². The fraction of sp³-hybridized carbons (Fsp3) is 0.500. The smallest absolute Gasteiger partial charge is 0.324 e. The van der Waals surface area contributed by atoms with Crippen LogP contribution in [0.15, 0.2) is 30.5 Å². The van der Waals surface area contributed by atoms with Crippen molar-refractivity contribution in [2.24, 2.45) is 0 Å². The summed E-state index contributed by atoms with van der Waals surface area (Å²) < 4.78 is 6.69. The molecule has 29 heavy (non-hydrogen) atoms. The number of carbonyl (C=O) groups is 2. The number of nitrogens with one attached hydrogen (secondary N) is 1. The van der Waals surface area contributed by atoms with Gasteiger partial charge in [-0.1, -0.05) is 23.4 Å². The summed E-state index contributed by atoms with van der Waals surface area (Å²) in [5.74, 6) is -0.202. The highest BCUT2D eigenvalue weighted by Crippen LogP contribution is 2.26. The second-order valence-electron chi connectivity index (χ2n) is 7.38. The summed E-state index contributed by atoms with van der Waals surface area (Å²) in [6.45, 7) is 3.08. The minimum atomic E-state index is -0.594. The number of hydrogen-bond acceptors (Lipinski definition) is 6. The second kappa shape index (κ2) is 8.60. The topological polar surface area (TPSA) is 92.6 Å². The number of urea groups is 1. The first-order valence-electron chi connectivity index (χ1n) is 9.98. The number of hydrogen-bond donors (Lipinski definition) is 1. The van der Waals surface area contributed by atoms with Crippen molar-refractivity contribution in [2.75, 3.05) is 38.3 Å². The van der Waals surface area contributed by atoms with Crippen LogP contribution in [0.2, 0.25) is 0 Å². The molecule has 3 heterocycles. The maximum Gasteiger partial charge on any atom is 0.324 e. The normalized spacial score (nSPS) is 18.9. The summed E-state index contributed by atoms with van der Waals surface area (Å²) >= 11 is 0. The first-order chi connectivity index (χ1) is 14.2. The molecule has 0 radical (unpaired) electrons. The van der Waals surface area contributed by atoms with E-state index in [9.17, 15) is 9.59 Å². The van der Waals surface area contributed by atoms with Gasteiger partial charge in [0.2, 0.25) is 0 Å². The Labute approximate surface area is 169 Å². The summed E-state index contributed by atoms with van der Waals surface area (Å²) in [7, 11) is 1.63. The van der Waals surface area contributed by atoms with Gasteiger partial charge in [-0.05, 0) is 24.5 Å². The number of carbonyl (C=O) groups excluding carboxylic acids is 2. The van der Waals surface area contributed by atoms with Crippen LogP contribution >= 0.6 is 0 Å². The van der Waals surface area contributed by atoms with E-state index in [0.717, 1.165) is 19.4 Å². The van der Waals surface area contributed by atoms with E-state index in [0.29, 0.717) is 38.4 Å². The number of aromatic nitrogens is 3. The molecule has 0 spiro atoms. The lowest BCUT2D eigenvalue weighted by Gasteiger charge is -2.32. The number of methoxy groups -OCH3 is 1. The lowest BCUT2D eigenvalue weighted by molar-refractivity contribution is -0.127. The number of imide groups is 1. The van der Waals surface area contributed by atoms with Gasteiger partial charge >= 0.3 is 6.03 Å². The average Bonchev–Trinajstić information content (AvgIpc) is 3.29. The number of nitrogens with zero attached hydrogens (tertiary/aromatic N) is 5. The molecular formula is C20H26N6O3. The van der Waals surface area contributed by atoms with E-state index >= 15 is 0 Å². The number of anilines is 1. The fourth-order valence-electron chi connectivity index (χ4n) is 3.93. The zero-order valence-electron chi connectivity index (χ0n) is 16.6. The molecule has 0 bridgehead atoms. The first kappa shape index (κ1) is 19.4. The van der Waals surface area contributed by atoms with E-state index in [1.165, 1.54) is 16.2 Å². The van der Waals surface area contributed by atoms with Crippen molar-refractivity contribution >= 4 is 17.6 Å². The Hall–Kier alpha value is -2.94. The van der Waals surface area contributed by atoms with E-state index < -0.39 is 6.04 Å². The van der Waals surface area contributed by atoms with Crippen molar-refractivity contribution in [1.29, 1.82) is 0 Å². The molecule has 3 amide bonds. The Morgan fingerprint density at radius 2 is 2.07 bits per heavy atom. The van der Waals surface area contributed by atoms with Crippen molar-refractivity contribution in [2.45, 2.75) is 31.8 Å². The molecule has 9 heteroatoms. The van der Waals surface area contributed by atoms with Crippen LogP contribution in [-0.2, 0) is 28.9 Å².